The lowest BCUT2D eigenvalue weighted by molar-refractivity contribution is -0.135. The van der Waals surface area contributed by atoms with E-state index in [0.717, 1.165) is 17.4 Å². The van der Waals surface area contributed by atoms with Gasteiger partial charge in [0.15, 0.2) is 0 Å². The van der Waals surface area contributed by atoms with E-state index in [9.17, 15) is 4.79 Å². The van der Waals surface area contributed by atoms with Gasteiger partial charge in [-0.3, -0.25) is 4.79 Å². The van der Waals surface area contributed by atoms with Gasteiger partial charge in [0.25, 0.3) is 0 Å². The minimum Gasteiger partial charge on any atom is -0.426 e. The van der Waals surface area contributed by atoms with E-state index in [1.54, 1.807) is 0 Å². The standard InChI is InChI=1S/C20H31BO4/c1-14-13-15(21-24-19(5,6)20(7,8)25-21)9-10-16(14)23-17(22)11-12-18(2,3)4/h9-10,13H,11-12H2,1-8H3. The highest BCUT2D eigenvalue weighted by atomic mass is 16.7. The van der Waals surface area contributed by atoms with Crippen LogP contribution in [0.2, 0.25) is 0 Å². The van der Waals surface area contributed by atoms with Gasteiger partial charge in [-0.25, -0.2) is 0 Å². The molecule has 2 rings (SSSR count). The highest BCUT2D eigenvalue weighted by molar-refractivity contribution is 6.62. The number of hydrogen-bond acceptors (Lipinski definition) is 4. The molecule has 0 saturated carbocycles. The van der Waals surface area contributed by atoms with Crippen LogP contribution in [0.1, 0.15) is 66.9 Å². The van der Waals surface area contributed by atoms with Crippen molar-refractivity contribution in [2.24, 2.45) is 5.41 Å². The molecule has 1 heterocycles. The fraction of sp³-hybridized carbons (Fsp3) is 0.650. The maximum absolute atomic E-state index is 12.1. The molecule has 0 spiro atoms. The van der Waals surface area contributed by atoms with Crippen molar-refractivity contribution in [2.75, 3.05) is 0 Å². The highest BCUT2D eigenvalue weighted by Crippen LogP contribution is 2.36. The molecule has 0 bridgehead atoms. The number of ether oxygens (including phenoxy) is 1. The van der Waals surface area contributed by atoms with Crippen LogP contribution in [0.15, 0.2) is 18.2 Å². The Morgan fingerprint density at radius 1 is 1.12 bits per heavy atom. The van der Waals surface area contributed by atoms with Crippen molar-refractivity contribution in [1.82, 2.24) is 0 Å². The summed E-state index contributed by atoms with van der Waals surface area (Å²) in [6, 6.07) is 5.70. The molecule has 0 aliphatic carbocycles. The first-order valence-corrected chi connectivity index (χ1v) is 8.98. The summed E-state index contributed by atoms with van der Waals surface area (Å²) in [5.41, 5.74) is 1.21. The van der Waals surface area contributed by atoms with Gasteiger partial charge in [-0.05, 0) is 63.5 Å². The highest BCUT2D eigenvalue weighted by Gasteiger charge is 2.51. The van der Waals surface area contributed by atoms with Crippen molar-refractivity contribution >= 4 is 18.6 Å². The van der Waals surface area contributed by atoms with Gasteiger partial charge in [0.05, 0.1) is 11.2 Å². The third-order valence-electron chi connectivity index (χ3n) is 5.03. The van der Waals surface area contributed by atoms with Crippen molar-refractivity contribution in [1.29, 1.82) is 0 Å². The molecule has 1 aliphatic heterocycles. The summed E-state index contributed by atoms with van der Waals surface area (Å²) in [7, 11) is -0.408. The van der Waals surface area contributed by atoms with E-state index in [1.165, 1.54) is 0 Å². The van der Waals surface area contributed by atoms with Gasteiger partial charge >= 0.3 is 13.1 Å². The Kier molecular flexibility index (Phi) is 5.41. The van der Waals surface area contributed by atoms with Gasteiger partial charge in [0.2, 0.25) is 0 Å². The van der Waals surface area contributed by atoms with E-state index in [4.69, 9.17) is 14.0 Å². The molecular formula is C20H31BO4. The second kappa shape index (κ2) is 6.77. The van der Waals surface area contributed by atoms with Crippen molar-refractivity contribution in [3.63, 3.8) is 0 Å². The van der Waals surface area contributed by atoms with E-state index in [-0.39, 0.29) is 22.6 Å². The van der Waals surface area contributed by atoms with E-state index in [2.05, 4.69) is 20.8 Å². The zero-order valence-electron chi connectivity index (χ0n) is 16.9. The van der Waals surface area contributed by atoms with Crippen LogP contribution in [0.25, 0.3) is 0 Å². The zero-order valence-corrected chi connectivity index (χ0v) is 16.9. The molecule has 0 N–H and O–H groups in total. The smallest absolute Gasteiger partial charge is 0.426 e. The van der Waals surface area contributed by atoms with Gasteiger partial charge in [-0.1, -0.05) is 32.9 Å². The Bertz CT molecular complexity index is 628. The van der Waals surface area contributed by atoms with E-state index in [0.29, 0.717) is 12.2 Å². The van der Waals surface area contributed by atoms with Gasteiger partial charge in [0.1, 0.15) is 5.75 Å². The van der Waals surface area contributed by atoms with Gasteiger partial charge < -0.3 is 14.0 Å². The molecule has 0 aromatic heterocycles. The third kappa shape index (κ3) is 4.86. The van der Waals surface area contributed by atoms with Crippen molar-refractivity contribution < 1.29 is 18.8 Å². The predicted molar refractivity (Wildman–Crippen MR) is 101 cm³/mol. The summed E-state index contributed by atoms with van der Waals surface area (Å²) >= 11 is 0. The second-order valence-electron chi connectivity index (χ2n) is 9.15. The Hall–Kier alpha value is -1.33. The van der Waals surface area contributed by atoms with Crippen LogP contribution in [0.5, 0.6) is 5.75 Å². The molecule has 1 fully saturated rings. The summed E-state index contributed by atoms with van der Waals surface area (Å²) in [6.45, 7) is 16.4. The second-order valence-corrected chi connectivity index (χ2v) is 9.15. The normalized spacial score (nSPS) is 19.1. The summed E-state index contributed by atoms with van der Waals surface area (Å²) < 4.78 is 17.7. The molecule has 5 heteroatoms. The topological polar surface area (TPSA) is 44.8 Å². The number of aryl methyl sites for hydroxylation is 1. The summed E-state index contributed by atoms with van der Waals surface area (Å²) in [6.07, 6.45) is 1.22. The molecule has 138 valence electrons. The molecule has 4 nitrogen and oxygen atoms in total. The fourth-order valence-corrected chi connectivity index (χ4v) is 2.56. The van der Waals surface area contributed by atoms with E-state index < -0.39 is 7.12 Å². The average Bonchev–Trinajstić information content (AvgIpc) is 2.67. The molecular weight excluding hydrogens is 315 g/mol. The van der Waals surface area contributed by atoms with Crippen molar-refractivity contribution in [3.05, 3.63) is 23.8 Å². The number of carbonyl (C=O) groups is 1. The molecule has 0 unspecified atom stereocenters. The van der Waals surface area contributed by atoms with Crippen molar-refractivity contribution in [3.8, 4) is 5.75 Å². The van der Waals surface area contributed by atoms with Crippen LogP contribution in [0, 0.1) is 12.3 Å². The van der Waals surface area contributed by atoms with Crippen LogP contribution in [0.4, 0.5) is 0 Å². The van der Waals surface area contributed by atoms with Crippen molar-refractivity contribution in [2.45, 2.75) is 79.4 Å². The monoisotopic (exact) mass is 346 g/mol. The number of benzene rings is 1. The number of rotatable bonds is 4. The molecule has 1 saturated heterocycles. The third-order valence-corrected chi connectivity index (χ3v) is 5.03. The zero-order chi connectivity index (χ0) is 19.0. The Balaban J connectivity index is 2.05. The maximum Gasteiger partial charge on any atom is 0.494 e. The molecule has 0 amide bonds. The molecule has 1 aliphatic rings. The van der Waals surface area contributed by atoms with Crippen LogP contribution >= 0.6 is 0 Å². The van der Waals surface area contributed by atoms with E-state index >= 15 is 0 Å². The van der Waals surface area contributed by atoms with E-state index in [1.807, 2.05) is 52.8 Å². The lowest BCUT2D eigenvalue weighted by Gasteiger charge is -2.32. The summed E-state index contributed by atoms with van der Waals surface area (Å²) in [5, 5.41) is 0. The lowest BCUT2D eigenvalue weighted by atomic mass is 9.78. The molecule has 25 heavy (non-hydrogen) atoms. The fourth-order valence-electron chi connectivity index (χ4n) is 2.56. The first-order chi connectivity index (χ1) is 11.3. The van der Waals surface area contributed by atoms with Crippen LogP contribution in [-0.2, 0) is 14.1 Å². The van der Waals surface area contributed by atoms with Gasteiger partial charge in [-0.2, -0.15) is 0 Å². The Morgan fingerprint density at radius 3 is 2.16 bits per heavy atom. The van der Waals surface area contributed by atoms with Gasteiger partial charge in [-0.15, -0.1) is 0 Å². The minimum absolute atomic E-state index is 0.120. The Morgan fingerprint density at radius 2 is 1.68 bits per heavy atom. The first kappa shape index (κ1) is 20.0. The van der Waals surface area contributed by atoms with Gasteiger partial charge in [0, 0.05) is 6.42 Å². The largest absolute Gasteiger partial charge is 0.494 e. The maximum atomic E-state index is 12.1. The number of esters is 1. The summed E-state index contributed by atoms with van der Waals surface area (Å²) in [5.74, 6) is 0.403. The quantitative estimate of drug-likeness (QED) is 0.469. The van der Waals surface area contributed by atoms with Crippen LogP contribution in [0.3, 0.4) is 0 Å². The number of hydrogen-bond donors (Lipinski definition) is 0. The molecule has 0 atom stereocenters. The molecule has 1 aromatic carbocycles. The summed E-state index contributed by atoms with van der Waals surface area (Å²) in [4.78, 5) is 12.1. The molecule has 0 radical (unpaired) electrons. The van der Waals surface area contributed by atoms with Crippen LogP contribution in [-0.4, -0.2) is 24.3 Å². The lowest BCUT2D eigenvalue weighted by Crippen LogP contribution is -2.41. The Labute approximate surface area is 152 Å². The van der Waals surface area contributed by atoms with Crippen LogP contribution < -0.4 is 10.2 Å². The molecule has 1 aromatic rings. The predicted octanol–water partition coefficient (Wildman–Crippen LogP) is 4.03. The number of carbonyl (C=O) groups excluding carboxylic acids is 1. The average molecular weight is 346 g/mol. The minimum atomic E-state index is -0.408. The SMILES string of the molecule is Cc1cc(B2OC(C)(C)C(C)(C)O2)ccc1OC(=O)CCC(C)(C)C. The first-order valence-electron chi connectivity index (χ1n) is 8.98.